The molecule has 1 fully saturated rings. The first-order chi connectivity index (χ1) is 7.70. The van der Waals surface area contributed by atoms with Gasteiger partial charge in [0.1, 0.15) is 0 Å². The predicted octanol–water partition coefficient (Wildman–Crippen LogP) is 0.976. The first-order valence-electron chi connectivity index (χ1n) is 6.19. The molecule has 0 radical (unpaired) electrons. The molecule has 0 aromatic rings. The molecule has 2 unspecified atom stereocenters. The monoisotopic (exact) mass is 223 g/mol. The van der Waals surface area contributed by atoms with Crippen molar-refractivity contribution < 1.29 is 4.79 Å². The summed E-state index contributed by atoms with van der Waals surface area (Å²) >= 11 is 0. The number of likely N-dealkylation sites (tertiary alicyclic amines) is 1. The molecule has 0 spiro atoms. The number of amides is 1. The Morgan fingerprint density at radius 2 is 2.31 bits per heavy atom. The van der Waals surface area contributed by atoms with Crippen LogP contribution >= 0.6 is 0 Å². The Labute approximate surface area is 97.3 Å². The van der Waals surface area contributed by atoms with Gasteiger partial charge in [0.15, 0.2) is 0 Å². The highest BCUT2D eigenvalue weighted by atomic mass is 16.1. The van der Waals surface area contributed by atoms with Crippen LogP contribution in [0.1, 0.15) is 26.7 Å². The molecule has 2 aliphatic heterocycles. The lowest BCUT2D eigenvalue weighted by Crippen LogP contribution is -2.42. The number of aliphatic imine (C=N–C) groups is 1. The maximum atomic E-state index is 10.7. The van der Waals surface area contributed by atoms with Crippen molar-refractivity contribution >= 4 is 12.7 Å². The van der Waals surface area contributed by atoms with Gasteiger partial charge in [-0.3, -0.25) is 9.79 Å². The summed E-state index contributed by atoms with van der Waals surface area (Å²) in [5.41, 5.74) is 0. The number of carbonyl (C=O) groups excluding carboxylic acids is 1. The van der Waals surface area contributed by atoms with Crippen LogP contribution < -0.4 is 0 Å². The summed E-state index contributed by atoms with van der Waals surface area (Å²) in [6, 6.07) is 0.914. The van der Waals surface area contributed by atoms with Gasteiger partial charge in [-0.2, -0.15) is 0 Å². The van der Waals surface area contributed by atoms with Crippen molar-refractivity contribution in [3.63, 3.8) is 0 Å². The average molecular weight is 223 g/mol. The summed E-state index contributed by atoms with van der Waals surface area (Å²) in [5, 5.41) is 0. The van der Waals surface area contributed by atoms with Gasteiger partial charge >= 0.3 is 0 Å². The summed E-state index contributed by atoms with van der Waals surface area (Å²) in [6.45, 7) is 7.26. The van der Waals surface area contributed by atoms with Crippen LogP contribution in [0.4, 0.5) is 0 Å². The smallest absolute Gasteiger partial charge is 0.209 e. The fourth-order valence-corrected chi connectivity index (χ4v) is 2.55. The minimum Gasteiger partial charge on any atom is -0.358 e. The number of rotatable bonds is 3. The van der Waals surface area contributed by atoms with Crippen molar-refractivity contribution in [2.75, 3.05) is 19.6 Å². The van der Waals surface area contributed by atoms with Crippen LogP contribution in [-0.4, -0.2) is 54.3 Å². The maximum absolute atomic E-state index is 10.7. The van der Waals surface area contributed by atoms with Crippen LogP contribution in [0.2, 0.25) is 0 Å². The largest absolute Gasteiger partial charge is 0.358 e. The number of hydrogen-bond acceptors (Lipinski definition) is 3. The lowest BCUT2D eigenvalue weighted by atomic mass is 9.97. The van der Waals surface area contributed by atoms with E-state index in [2.05, 4.69) is 23.7 Å². The Balaban J connectivity index is 1.85. The third-order valence-corrected chi connectivity index (χ3v) is 3.84. The van der Waals surface area contributed by atoms with Crippen molar-refractivity contribution in [3.05, 3.63) is 0 Å². The van der Waals surface area contributed by atoms with E-state index in [4.69, 9.17) is 0 Å². The van der Waals surface area contributed by atoms with Crippen LogP contribution in [-0.2, 0) is 4.79 Å². The fraction of sp³-hybridized carbons (Fsp3) is 0.833. The predicted molar refractivity (Wildman–Crippen MR) is 64.5 cm³/mol. The van der Waals surface area contributed by atoms with Gasteiger partial charge in [-0.05, 0) is 32.6 Å². The van der Waals surface area contributed by atoms with Crippen LogP contribution in [0, 0.1) is 5.92 Å². The van der Waals surface area contributed by atoms with Crippen LogP contribution in [0.3, 0.4) is 0 Å². The highest BCUT2D eigenvalue weighted by Gasteiger charge is 2.27. The molecule has 0 aliphatic carbocycles. The SMILES string of the molecule is CC1N=CN(C[C@H]2CCCN(C=O)C2)C1C. The van der Waals surface area contributed by atoms with Crippen LogP contribution in [0.5, 0.6) is 0 Å². The molecule has 0 saturated carbocycles. The van der Waals surface area contributed by atoms with Crippen LogP contribution in [0.25, 0.3) is 0 Å². The van der Waals surface area contributed by atoms with Crippen LogP contribution in [0.15, 0.2) is 4.99 Å². The van der Waals surface area contributed by atoms with E-state index < -0.39 is 0 Å². The molecule has 1 amide bonds. The summed E-state index contributed by atoms with van der Waals surface area (Å²) in [6.07, 6.45) is 5.33. The zero-order valence-corrected chi connectivity index (χ0v) is 10.2. The van der Waals surface area contributed by atoms with Crippen molar-refractivity contribution in [3.8, 4) is 0 Å². The normalized spacial score (nSPS) is 34.5. The van der Waals surface area contributed by atoms with E-state index in [0.717, 1.165) is 32.5 Å². The third-order valence-electron chi connectivity index (χ3n) is 3.84. The van der Waals surface area contributed by atoms with Gasteiger partial charge in [0.25, 0.3) is 0 Å². The van der Waals surface area contributed by atoms with Gasteiger partial charge in [-0.15, -0.1) is 0 Å². The van der Waals surface area contributed by atoms with Gasteiger partial charge in [-0.1, -0.05) is 0 Å². The second-order valence-corrected chi connectivity index (χ2v) is 5.05. The van der Waals surface area contributed by atoms with Crippen molar-refractivity contribution in [2.24, 2.45) is 10.9 Å². The lowest BCUT2D eigenvalue weighted by Gasteiger charge is -2.34. The van der Waals surface area contributed by atoms with E-state index in [1.807, 2.05) is 11.2 Å². The highest BCUT2D eigenvalue weighted by Crippen LogP contribution is 2.20. The molecule has 0 N–H and O–H groups in total. The highest BCUT2D eigenvalue weighted by molar-refractivity contribution is 5.58. The average Bonchev–Trinajstić information content (AvgIpc) is 2.61. The third kappa shape index (κ3) is 2.36. The summed E-state index contributed by atoms with van der Waals surface area (Å²) < 4.78 is 0. The van der Waals surface area contributed by atoms with E-state index in [-0.39, 0.29) is 0 Å². The second-order valence-electron chi connectivity index (χ2n) is 5.05. The second kappa shape index (κ2) is 4.85. The number of carbonyl (C=O) groups is 1. The van der Waals surface area contributed by atoms with Gasteiger partial charge in [0, 0.05) is 25.7 Å². The van der Waals surface area contributed by atoms with Gasteiger partial charge in [0.05, 0.1) is 12.4 Å². The summed E-state index contributed by atoms with van der Waals surface area (Å²) in [7, 11) is 0. The summed E-state index contributed by atoms with van der Waals surface area (Å²) in [5.74, 6) is 0.609. The molecule has 90 valence electrons. The van der Waals surface area contributed by atoms with Gasteiger partial charge in [0.2, 0.25) is 6.41 Å². The molecule has 2 aliphatic rings. The molecule has 0 aromatic heterocycles. The van der Waals surface area contributed by atoms with Gasteiger partial charge < -0.3 is 9.80 Å². The standard InChI is InChI=1S/C12H21N3O/c1-10-11(2)15(8-13-10)7-12-4-3-5-14(6-12)9-16/h8-12H,3-7H2,1-2H3/t10?,11?,12-/m0/s1. The molecule has 0 aromatic carbocycles. The molecule has 16 heavy (non-hydrogen) atoms. The van der Waals surface area contributed by atoms with Crippen molar-refractivity contribution in [1.82, 2.24) is 9.80 Å². The zero-order chi connectivity index (χ0) is 11.5. The van der Waals surface area contributed by atoms with Gasteiger partial charge in [-0.25, -0.2) is 0 Å². The maximum Gasteiger partial charge on any atom is 0.209 e. The minimum atomic E-state index is 0.408. The molecular weight excluding hydrogens is 202 g/mol. The Hall–Kier alpha value is -1.06. The molecule has 0 bridgehead atoms. The molecule has 1 saturated heterocycles. The molecule has 2 rings (SSSR count). The Morgan fingerprint density at radius 3 is 2.94 bits per heavy atom. The summed E-state index contributed by atoms with van der Waals surface area (Å²) in [4.78, 5) is 19.4. The quantitative estimate of drug-likeness (QED) is 0.669. The molecule has 2 heterocycles. The van der Waals surface area contributed by atoms with Crippen molar-refractivity contribution in [1.29, 1.82) is 0 Å². The minimum absolute atomic E-state index is 0.408. The number of hydrogen-bond donors (Lipinski definition) is 0. The fourth-order valence-electron chi connectivity index (χ4n) is 2.55. The first kappa shape index (κ1) is 11.4. The van der Waals surface area contributed by atoms with E-state index in [1.54, 1.807) is 0 Å². The van der Waals surface area contributed by atoms with E-state index in [9.17, 15) is 4.79 Å². The number of nitrogens with zero attached hydrogens (tertiary/aromatic N) is 3. The zero-order valence-electron chi connectivity index (χ0n) is 10.2. The molecule has 4 heteroatoms. The molecular formula is C12H21N3O. The van der Waals surface area contributed by atoms with E-state index >= 15 is 0 Å². The van der Waals surface area contributed by atoms with E-state index in [1.165, 1.54) is 6.42 Å². The Kier molecular flexibility index (Phi) is 3.46. The molecule has 3 atom stereocenters. The molecule has 4 nitrogen and oxygen atoms in total. The lowest BCUT2D eigenvalue weighted by molar-refractivity contribution is -0.119. The first-order valence-corrected chi connectivity index (χ1v) is 6.19. The Morgan fingerprint density at radius 1 is 1.50 bits per heavy atom. The van der Waals surface area contributed by atoms with E-state index in [0.29, 0.717) is 18.0 Å². The number of piperidine rings is 1. The topological polar surface area (TPSA) is 35.9 Å². The van der Waals surface area contributed by atoms with Crippen molar-refractivity contribution in [2.45, 2.75) is 38.8 Å². The Bertz CT molecular complexity index is 279.